The number of aryl methyl sites for hydroxylation is 1. The molecule has 0 atom stereocenters. The number of para-hydroxylation sites is 1. The molecule has 2 aromatic rings. The normalized spacial score (nSPS) is 16.5. The van der Waals surface area contributed by atoms with Gasteiger partial charge in [-0.1, -0.05) is 18.2 Å². The lowest BCUT2D eigenvalue weighted by Crippen LogP contribution is -2.49. The summed E-state index contributed by atoms with van der Waals surface area (Å²) in [5, 5.41) is 4.05. The van der Waals surface area contributed by atoms with Crippen LogP contribution < -0.4 is 19.8 Å². The van der Waals surface area contributed by atoms with Gasteiger partial charge < -0.3 is 14.4 Å². The van der Waals surface area contributed by atoms with E-state index >= 15 is 0 Å². The van der Waals surface area contributed by atoms with Crippen molar-refractivity contribution in [1.82, 2.24) is 10.3 Å². The largest absolute Gasteiger partial charge is 0.454 e. The van der Waals surface area contributed by atoms with Gasteiger partial charge in [0.1, 0.15) is 0 Å². The molecule has 1 amide bonds. The Morgan fingerprint density at radius 2 is 1.89 bits per heavy atom. The summed E-state index contributed by atoms with van der Waals surface area (Å²) in [4.78, 5) is 16.7. The molecule has 0 spiro atoms. The van der Waals surface area contributed by atoms with Crippen molar-refractivity contribution < 1.29 is 14.3 Å². The molecular formula is C21H24N4O3. The average Bonchev–Trinajstić information content (AvgIpc) is 3.17. The average molecular weight is 380 g/mol. The number of ether oxygens (including phenoxy) is 2. The molecule has 28 heavy (non-hydrogen) atoms. The number of hydrogen-bond acceptors (Lipinski definition) is 6. The molecule has 2 aliphatic heterocycles. The molecule has 2 aliphatic rings. The molecule has 0 aromatic heterocycles. The summed E-state index contributed by atoms with van der Waals surface area (Å²) in [5.74, 6) is 1.31. The van der Waals surface area contributed by atoms with Gasteiger partial charge >= 0.3 is 0 Å². The lowest BCUT2D eigenvalue weighted by molar-refractivity contribution is -0.122. The SMILES string of the molecule is Cc1ccccc1N1CCN(CC(=O)N/N=C/c2ccc3c(c2)OCO3)CC1. The molecular weight excluding hydrogens is 356 g/mol. The van der Waals surface area contributed by atoms with E-state index in [1.54, 1.807) is 6.21 Å². The van der Waals surface area contributed by atoms with Crippen LogP contribution in [0.25, 0.3) is 0 Å². The second-order valence-corrected chi connectivity index (χ2v) is 6.96. The minimum absolute atomic E-state index is 0.110. The second kappa shape index (κ2) is 8.31. The third-order valence-corrected chi connectivity index (χ3v) is 5.00. The molecule has 0 unspecified atom stereocenters. The number of hydrazone groups is 1. The van der Waals surface area contributed by atoms with Crippen molar-refractivity contribution in [2.75, 3.05) is 44.4 Å². The molecule has 1 fully saturated rings. The zero-order chi connectivity index (χ0) is 19.3. The van der Waals surface area contributed by atoms with Crippen molar-refractivity contribution in [2.45, 2.75) is 6.92 Å². The summed E-state index contributed by atoms with van der Waals surface area (Å²) in [6.07, 6.45) is 1.61. The lowest BCUT2D eigenvalue weighted by atomic mass is 10.1. The highest BCUT2D eigenvalue weighted by molar-refractivity contribution is 5.84. The van der Waals surface area contributed by atoms with Gasteiger partial charge in [0.15, 0.2) is 11.5 Å². The molecule has 4 rings (SSSR count). The topological polar surface area (TPSA) is 66.4 Å². The number of benzene rings is 2. The van der Waals surface area contributed by atoms with Crippen LogP contribution in [0.3, 0.4) is 0 Å². The zero-order valence-corrected chi connectivity index (χ0v) is 15.9. The van der Waals surface area contributed by atoms with Gasteiger partial charge in [0.25, 0.3) is 5.91 Å². The van der Waals surface area contributed by atoms with E-state index in [2.05, 4.69) is 51.5 Å². The maximum atomic E-state index is 12.2. The first-order valence-corrected chi connectivity index (χ1v) is 9.43. The molecule has 7 nitrogen and oxygen atoms in total. The van der Waals surface area contributed by atoms with Crippen LogP contribution in [-0.4, -0.2) is 56.5 Å². The van der Waals surface area contributed by atoms with Gasteiger partial charge in [-0.25, -0.2) is 5.43 Å². The number of carbonyl (C=O) groups excluding carboxylic acids is 1. The Hall–Kier alpha value is -3.06. The molecule has 0 saturated carbocycles. The minimum atomic E-state index is -0.110. The molecule has 0 aliphatic carbocycles. The Labute approximate surface area is 164 Å². The molecule has 2 heterocycles. The van der Waals surface area contributed by atoms with Gasteiger partial charge in [-0.3, -0.25) is 9.69 Å². The zero-order valence-electron chi connectivity index (χ0n) is 15.9. The van der Waals surface area contributed by atoms with Crippen LogP contribution >= 0.6 is 0 Å². The number of hydrogen-bond donors (Lipinski definition) is 1. The Morgan fingerprint density at radius 3 is 2.71 bits per heavy atom. The molecule has 1 N–H and O–H groups in total. The summed E-state index contributed by atoms with van der Waals surface area (Å²) < 4.78 is 10.6. The molecule has 0 bridgehead atoms. The third kappa shape index (κ3) is 4.26. The number of carbonyl (C=O) groups is 1. The van der Waals surface area contributed by atoms with E-state index in [0.29, 0.717) is 12.3 Å². The molecule has 0 radical (unpaired) electrons. The molecule has 146 valence electrons. The van der Waals surface area contributed by atoms with E-state index in [-0.39, 0.29) is 12.7 Å². The smallest absolute Gasteiger partial charge is 0.254 e. The van der Waals surface area contributed by atoms with Crippen LogP contribution in [0.4, 0.5) is 5.69 Å². The van der Waals surface area contributed by atoms with E-state index in [4.69, 9.17) is 9.47 Å². The monoisotopic (exact) mass is 380 g/mol. The summed E-state index contributed by atoms with van der Waals surface area (Å²) >= 11 is 0. The first-order chi connectivity index (χ1) is 13.7. The summed E-state index contributed by atoms with van der Waals surface area (Å²) in [7, 11) is 0. The fraction of sp³-hybridized carbons (Fsp3) is 0.333. The number of rotatable bonds is 5. The first-order valence-electron chi connectivity index (χ1n) is 9.43. The predicted molar refractivity (Wildman–Crippen MR) is 108 cm³/mol. The van der Waals surface area contributed by atoms with E-state index in [1.807, 2.05) is 18.2 Å². The van der Waals surface area contributed by atoms with Crippen molar-refractivity contribution >= 4 is 17.8 Å². The highest BCUT2D eigenvalue weighted by Gasteiger charge is 2.20. The van der Waals surface area contributed by atoms with Crippen molar-refractivity contribution in [3.05, 3.63) is 53.6 Å². The van der Waals surface area contributed by atoms with Crippen LogP contribution in [0.15, 0.2) is 47.6 Å². The predicted octanol–water partition coefficient (Wildman–Crippen LogP) is 2.00. The van der Waals surface area contributed by atoms with Gasteiger partial charge in [-0.2, -0.15) is 5.10 Å². The van der Waals surface area contributed by atoms with E-state index in [1.165, 1.54) is 11.3 Å². The van der Waals surface area contributed by atoms with E-state index in [9.17, 15) is 4.79 Å². The van der Waals surface area contributed by atoms with Crippen molar-refractivity contribution in [3.63, 3.8) is 0 Å². The second-order valence-electron chi connectivity index (χ2n) is 6.96. The number of fused-ring (bicyclic) bond motifs is 1. The molecule has 2 aromatic carbocycles. The van der Waals surface area contributed by atoms with Crippen molar-refractivity contribution in [2.24, 2.45) is 5.10 Å². The number of anilines is 1. The number of nitrogens with one attached hydrogen (secondary N) is 1. The Bertz CT molecular complexity index is 876. The van der Waals surface area contributed by atoms with E-state index in [0.717, 1.165) is 37.5 Å². The Kier molecular flexibility index (Phi) is 5.43. The Morgan fingerprint density at radius 1 is 1.11 bits per heavy atom. The van der Waals surface area contributed by atoms with E-state index < -0.39 is 0 Å². The number of amides is 1. The van der Waals surface area contributed by atoms with Gasteiger partial charge in [0.2, 0.25) is 6.79 Å². The van der Waals surface area contributed by atoms with Gasteiger partial charge in [0, 0.05) is 31.9 Å². The van der Waals surface area contributed by atoms with Gasteiger partial charge in [-0.15, -0.1) is 0 Å². The highest BCUT2D eigenvalue weighted by Crippen LogP contribution is 2.31. The van der Waals surface area contributed by atoms with Crippen LogP contribution in [0, 0.1) is 6.92 Å². The standard InChI is InChI=1S/C21H24N4O3/c1-16-4-2-3-5-18(16)25-10-8-24(9-11-25)14-21(26)23-22-13-17-6-7-19-20(12-17)28-15-27-19/h2-7,12-13H,8-11,14-15H2,1H3,(H,23,26)/b22-13+. The number of piperazine rings is 1. The lowest BCUT2D eigenvalue weighted by Gasteiger charge is -2.36. The summed E-state index contributed by atoms with van der Waals surface area (Å²) in [6.45, 7) is 6.26. The minimum Gasteiger partial charge on any atom is -0.454 e. The maximum absolute atomic E-state index is 12.2. The summed E-state index contributed by atoms with van der Waals surface area (Å²) in [5.41, 5.74) is 6.01. The van der Waals surface area contributed by atoms with Crippen LogP contribution in [-0.2, 0) is 4.79 Å². The highest BCUT2D eigenvalue weighted by atomic mass is 16.7. The third-order valence-electron chi connectivity index (χ3n) is 5.00. The van der Waals surface area contributed by atoms with Gasteiger partial charge in [-0.05, 0) is 42.3 Å². The van der Waals surface area contributed by atoms with Crippen LogP contribution in [0.5, 0.6) is 11.5 Å². The fourth-order valence-electron chi connectivity index (χ4n) is 3.48. The summed E-state index contributed by atoms with van der Waals surface area (Å²) in [6, 6.07) is 14.0. The maximum Gasteiger partial charge on any atom is 0.254 e. The van der Waals surface area contributed by atoms with Crippen LogP contribution in [0.2, 0.25) is 0 Å². The molecule has 7 heteroatoms. The van der Waals surface area contributed by atoms with Crippen molar-refractivity contribution in [3.8, 4) is 11.5 Å². The fourth-order valence-corrected chi connectivity index (χ4v) is 3.48. The first kappa shape index (κ1) is 18.3. The quantitative estimate of drug-likeness (QED) is 0.635. The van der Waals surface area contributed by atoms with Crippen LogP contribution in [0.1, 0.15) is 11.1 Å². The molecule has 1 saturated heterocycles. The van der Waals surface area contributed by atoms with Gasteiger partial charge in [0.05, 0.1) is 12.8 Å². The van der Waals surface area contributed by atoms with Crippen molar-refractivity contribution in [1.29, 1.82) is 0 Å². The Balaban J connectivity index is 1.23. The number of nitrogens with zero attached hydrogens (tertiary/aromatic N) is 3.